The zero-order valence-corrected chi connectivity index (χ0v) is 18.0. The lowest BCUT2D eigenvalue weighted by Gasteiger charge is -2.24. The molecule has 29 heavy (non-hydrogen) atoms. The van der Waals surface area contributed by atoms with Gasteiger partial charge in [-0.1, -0.05) is 32.0 Å². The minimum Gasteiger partial charge on any atom is -0.485 e. The van der Waals surface area contributed by atoms with E-state index in [9.17, 15) is 9.59 Å². The number of alkyl carbamates (subject to hydrolysis) is 1. The minimum absolute atomic E-state index is 0.183. The number of ether oxygens (including phenoxy) is 2. The Morgan fingerprint density at radius 1 is 1.28 bits per heavy atom. The smallest absolute Gasteiger partial charge is 0.408 e. The van der Waals surface area contributed by atoms with Gasteiger partial charge in [0, 0.05) is 11.1 Å². The Bertz CT molecular complexity index is 793. The number of rotatable bonds is 6. The maximum absolute atomic E-state index is 12.6. The summed E-state index contributed by atoms with van der Waals surface area (Å²) in [5.74, 6) is 0.626. The maximum atomic E-state index is 12.6. The first-order valence-electron chi connectivity index (χ1n) is 9.85. The van der Waals surface area contributed by atoms with E-state index < -0.39 is 23.6 Å². The fourth-order valence-corrected chi connectivity index (χ4v) is 2.81. The predicted molar refractivity (Wildman–Crippen MR) is 114 cm³/mol. The van der Waals surface area contributed by atoms with Gasteiger partial charge in [-0.15, -0.1) is 0 Å². The molecule has 7 nitrogen and oxygen atoms in total. The van der Waals surface area contributed by atoms with Gasteiger partial charge in [0.05, 0.1) is 6.21 Å². The van der Waals surface area contributed by atoms with Gasteiger partial charge in [-0.25, -0.2) is 10.2 Å². The van der Waals surface area contributed by atoms with E-state index in [1.54, 1.807) is 27.0 Å². The lowest BCUT2D eigenvalue weighted by molar-refractivity contribution is -0.123. The van der Waals surface area contributed by atoms with E-state index in [1.807, 2.05) is 51.1 Å². The predicted octanol–water partition coefficient (Wildman–Crippen LogP) is 3.89. The molecule has 0 aromatic heterocycles. The van der Waals surface area contributed by atoms with Gasteiger partial charge in [-0.2, -0.15) is 5.10 Å². The number of para-hydroxylation sites is 1. The number of nitrogens with zero attached hydrogens (tertiary/aromatic N) is 1. The second-order valence-corrected chi connectivity index (χ2v) is 8.50. The number of fused-ring (bicyclic) bond motifs is 1. The highest BCUT2D eigenvalue weighted by molar-refractivity contribution is 5.90. The molecule has 1 aromatic carbocycles. The van der Waals surface area contributed by atoms with Gasteiger partial charge in [0.25, 0.3) is 5.91 Å². The monoisotopic (exact) mass is 401 g/mol. The lowest BCUT2D eigenvalue weighted by atomic mass is 10.0. The molecule has 2 N–H and O–H groups in total. The first-order chi connectivity index (χ1) is 13.5. The molecule has 0 spiro atoms. The van der Waals surface area contributed by atoms with Crippen LogP contribution in [0.3, 0.4) is 0 Å². The Morgan fingerprint density at radius 3 is 2.62 bits per heavy atom. The van der Waals surface area contributed by atoms with Crippen LogP contribution in [0.15, 0.2) is 34.9 Å². The molecule has 2 amide bonds. The Morgan fingerprint density at radius 2 is 1.97 bits per heavy atom. The van der Waals surface area contributed by atoms with Crippen LogP contribution in [-0.2, 0) is 9.53 Å². The van der Waals surface area contributed by atoms with E-state index in [-0.39, 0.29) is 12.0 Å². The van der Waals surface area contributed by atoms with E-state index in [1.165, 1.54) is 0 Å². The highest BCUT2D eigenvalue weighted by Crippen LogP contribution is 2.28. The van der Waals surface area contributed by atoms with Crippen molar-refractivity contribution in [3.63, 3.8) is 0 Å². The van der Waals surface area contributed by atoms with E-state index in [0.717, 1.165) is 16.9 Å². The summed E-state index contributed by atoms with van der Waals surface area (Å²) in [7, 11) is 0. The minimum atomic E-state index is -0.739. The number of hydrogen-bond acceptors (Lipinski definition) is 5. The summed E-state index contributed by atoms with van der Waals surface area (Å²) in [5.41, 5.74) is 3.67. The van der Waals surface area contributed by atoms with Crippen LogP contribution >= 0.6 is 0 Å². The first kappa shape index (κ1) is 22.5. The van der Waals surface area contributed by atoms with Gasteiger partial charge in [0.2, 0.25) is 0 Å². The fourth-order valence-electron chi connectivity index (χ4n) is 2.81. The van der Waals surface area contributed by atoms with E-state index in [4.69, 9.17) is 9.47 Å². The molecule has 0 radical (unpaired) electrons. The molecule has 1 aromatic rings. The Balaban J connectivity index is 2.02. The van der Waals surface area contributed by atoms with Crippen molar-refractivity contribution in [2.24, 2.45) is 11.0 Å². The average molecular weight is 402 g/mol. The standard InChI is InChI=1S/C22H31N3O4/c1-14(2)11-18(24-21(27)29-22(4,5)6)20(26)25-23-13-17-12-16-9-7-8-10-19(16)28-15(17)3/h7-10,12-15,18H,11H2,1-6H3,(H,24,27)(H,25,26)/b23-13+/t15?,18-/m1/s1. The highest BCUT2D eigenvalue weighted by atomic mass is 16.6. The molecule has 0 aliphatic carbocycles. The summed E-state index contributed by atoms with van der Waals surface area (Å²) in [4.78, 5) is 24.6. The summed E-state index contributed by atoms with van der Waals surface area (Å²) in [6.45, 7) is 11.2. The van der Waals surface area contributed by atoms with Crippen molar-refractivity contribution in [3.8, 4) is 5.75 Å². The molecule has 0 fully saturated rings. The molecular weight excluding hydrogens is 370 g/mol. The molecule has 1 unspecified atom stereocenters. The van der Waals surface area contributed by atoms with Crippen molar-refractivity contribution in [1.82, 2.24) is 10.7 Å². The molecule has 2 rings (SSSR count). The third-order valence-corrected chi connectivity index (χ3v) is 4.12. The molecule has 1 aliphatic heterocycles. The van der Waals surface area contributed by atoms with Crippen LogP contribution in [0.25, 0.3) is 6.08 Å². The zero-order chi connectivity index (χ0) is 21.6. The zero-order valence-electron chi connectivity index (χ0n) is 18.0. The van der Waals surface area contributed by atoms with Gasteiger partial charge in [-0.3, -0.25) is 4.79 Å². The molecule has 1 heterocycles. The summed E-state index contributed by atoms with van der Waals surface area (Å²) >= 11 is 0. The summed E-state index contributed by atoms with van der Waals surface area (Å²) in [5, 5.41) is 6.69. The van der Waals surface area contributed by atoms with Crippen LogP contribution in [0.4, 0.5) is 4.79 Å². The SMILES string of the molecule is CC(C)C[C@@H](NC(=O)OC(C)(C)C)C(=O)N/N=C/C1=Cc2ccccc2OC1C. The first-order valence-corrected chi connectivity index (χ1v) is 9.85. The number of carbonyl (C=O) groups is 2. The number of hydrogen-bond donors (Lipinski definition) is 2. The van der Waals surface area contributed by atoms with Crippen LogP contribution < -0.4 is 15.5 Å². The molecule has 158 valence electrons. The van der Waals surface area contributed by atoms with Crippen LogP contribution in [-0.4, -0.2) is 36.0 Å². The van der Waals surface area contributed by atoms with Crippen LogP contribution in [0, 0.1) is 5.92 Å². The third kappa shape index (κ3) is 7.25. The number of amides is 2. The second-order valence-electron chi connectivity index (χ2n) is 8.50. The Hall–Kier alpha value is -2.83. The molecule has 0 bridgehead atoms. The molecular formula is C22H31N3O4. The largest absolute Gasteiger partial charge is 0.485 e. The number of nitrogens with one attached hydrogen (secondary N) is 2. The van der Waals surface area contributed by atoms with Gasteiger partial charge in [0.1, 0.15) is 23.5 Å². The molecule has 0 saturated carbocycles. The van der Waals surface area contributed by atoms with E-state index in [2.05, 4.69) is 15.8 Å². The van der Waals surface area contributed by atoms with Gasteiger partial charge in [-0.05, 0) is 52.2 Å². The average Bonchev–Trinajstić information content (AvgIpc) is 2.59. The fraction of sp³-hybridized carbons (Fsp3) is 0.500. The van der Waals surface area contributed by atoms with E-state index in [0.29, 0.717) is 6.42 Å². The van der Waals surface area contributed by atoms with Crippen molar-refractivity contribution in [1.29, 1.82) is 0 Å². The van der Waals surface area contributed by atoms with Crippen molar-refractivity contribution in [2.45, 2.75) is 65.7 Å². The van der Waals surface area contributed by atoms with Crippen LogP contribution in [0.5, 0.6) is 5.75 Å². The topological polar surface area (TPSA) is 89.0 Å². The normalized spacial score (nSPS) is 17.2. The van der Waals surface area contributed by atoms with Crippen molar-refractivity contribution in [3.05, 3.63) is 35.4 Å². The summed E-state index contributed by atoms with van der Waals surface area (Å²) < 4.78 is 11.1. The summed E-state index contributed by atoms with van der Waals surface area (Å²) in [6, 6.07) is 6.99. The van der Waals surface area contributed by atoms with Gasteiger partial charge in [0.15, 0.2) is 0 Å². The van der Waals surface area contributed by atoms with Crippen molar-refractivity contribution < 1.29 is 19.1 Å². The van der Waals surface area contributed by atoms with Crippen LogP contribution in [0.2, 0.25) is 0 Å². The Kier molecular flexibility index (Phi) is 7.42. The van der Waals surface area contributed by atoms with E-state index >= 15 is 0 Å². The second kappa shape index (κ2) is 9.58. The quantitative estimate of drug-likeness (QED) is 0.559. The molecule has 7 heteroatoms. The summed E-state index contributed by atoms with van der Waals surface area (Å²) in [6.07, 6.45) is 3.20. The molecule has 2 atom stereocenters. The maximum Gasteiger partial charge on any atom is 0.408 e. The highest BCUT2D eigenvalue weighted by Gasteiger charge is 2.25. The van der Waals surface area contributed by atoms with Gasteiger partial charge >= 0.3 is 6.09 Å². The van der Waals surface area contributed by atoms with Crippen molar-refractivity contribution >= 4 is 24.3 Å². The van der Waals surface area contributed by atoms with Crippen LogP contribution in [0.1, 0.15) is 53.5 Å². The van der Waals surface area contributed by atoms with Crippen molar-refractivity contribution in [2.75, 3.05) is 0 Å². The number of hydrazone groups is 1. The molecule has 0 saturated heterocycles. The third-order valence-electron chi connectivity index (χ3n) is 4.12. The molecule has 1 aliphatic rings. The number of carbonyl (C=O) groups excluding carboxylic acids is 2. The Labute approximate surface area is 172 Å². The lowest BCUT2D eigenvalue weighted by Crippen LogP contribution is -2.47. The number of benzene rings is 1. The van der Waals surface area contributed by atoms with Gasteiger partial charge < -0.3 is 14.8 Å².